The number of rotatable bonds is 2. The first kappa shape index (κ1) is 12.6. The molecule has 2 heterocycles. The van der Waals surface area contributed by atoms with Crippen molar-refractivity contribution in [2.24, 2.45) is 0 Å². The molecule has 6 heteroatoms. The lowest BCUT2D eigenvalue weighted by molar-refractivity contribution is -0.0843. The van der Waals surface area contributed by atoms with Crippen molar-refractivity contribution in [2.45, 2.75) is 12.2 Å². The van der Waals surface area contributed by atoms with Gasteiger partial charge in [-0.3, -0.25) is 0 Å². The molecule has 1 aromatic heterocycles. The molecule has 1 fully saturated rings. The fraction of sp³-hybridized carbons (Fsp3) is 0.545. The number of anilines is 1. The van der Waals surface area contributed by atoms with E-state index < -0.39 is 6.10 Å². The van der Waals surface area contributed by atoms with Gasteiger partial charge < -0.3 is 20.5 Å². The van der Waals surface area contributed by atoms with Crippen LogP contribution >= 0.6 is 11.6 Å². The Morgan fingerprint density at radius 1 is 1.71 bits per heavy atom. The molecule has 5 nitrogen and oxygen atoms in total. The summed E-state index contributed by atoms with van der Waals surface area (Å²) in [7, 11) is 1.99. The van der Waals surface area contributed by atoms with Gasteiger partial charge in [-0.2, -0.15) is 0 Å². The number of hydrogen-bond donors (Lipinski definition) is 2. The Bertz CT molecular complexity index is 402. The highest BCUT2D eigenvalue weighted by molar-refractivity contribution is 6.30. The predicted octanol–water partition coefficient (Wildman–Crippen LogP) is 0.681. The predicted molar refractivity (Wildman–Crippen MR) is 65.9 cm³/mol. The summed E-state index contributed by atoms with van der Waals surface area (Å²) in [6, 6.07) is 1.63. The number of nitrogen functional groups attached to an aromatic ring is 1. The molecule has 0 spiro atoms. The zero-order valence-electron chi connectivity index (χ0n) is 9.64. The SMILES string of the molecule is CN1CCOC(C(O)c2cc(Cl)cnc2N)C1. The number of nitrogens with two attached hydrogens (primary N) is 1. The first-order valence-electron chi connectivity index (χ1n) is 5.47. The van der Waals surface area contributed by atoms with E-state index in [0.717, 1.165) is 6.54 Å². The van der Waals surface area contributed by atoms with Crippen LogP contribution < -0.4 is 5.73 Å². The Morgan fingerprint density at radius 2 is 2.47 bits per heavy atom. The first-order chi connectivity index (χ1) is 8.08. The van der Waals surface area contributed by atoms with Crippen molar-refractivity contribution in [1.29, 1.82) is 0 Å². The number of nitrogens with zero attached hydrogens (tertiary/aromatic N) is 2. The molecular weight excluding hydrogens is 242 g/mol. The van der Waals surface area contributed by atoms with Gasteiger partial charge in [0.05, 0.1) is 11.6 Å². The Kier molecular flexibility index (Phi) is 3.83. The van der Waals surface area contributed by atoms with Crippen LogP contribution in [0.2, 0.25) is 5.02 Å². The molecule has 0 saturated carbocycles. The van der Waals surface area contributed by atoms with Crippen LogP contribution in [0, 0.1) is 0 Å². The fourth-order valence-electron chi connectivity index (χ4n) is 1.90. The number of morpholine rings is 1. The van der Waals surface area contributed by atoms with Gasteiger partial charge >= 0.3 is 0 Å². The van der Waals surface area contributed by atoms with Crippen LogP contribution in [0.15, 0.2) is 12.3 Å². The van der Waals surface area contributed by atoms with Crippen molar-refractivity contribution in [3.63, 3.8) is 0 Å². The Hall–Kier alpha value is -0.880. The quantitative estimate of drug-likeness (QED) is 0.815. The van der Waals surface area contributed by atoms with Gasteiger partial charge in [0.15, 0.2) is 0 Å². The van der Waals surface area contributed by atoms with Crippen molar-refractivity contribution < 1.29 is 9.84 Å². The second-order valence-corrected chi connectivity index (χ2v) is 4.68. The molecule has 0 bridgehead atoms. The topological polar surface area (TPSA) is 71.6 Å². The lowest BCUT2D eigenvalue weighted by Crippen LogP contribution is -2.43. The van der Waals surface area contributed by atoms with E-state index in [1.807, 2.05) is 7.05 Å². The third-order valence-electron chi connectivity index (χ3n) is 2.88. The standard InChI is InChI=1S/C11H16ClN3O2/c1-15-2-3-17-9(6-15)10(16)8-4-7(12)5-14-11(8)13/h4-5,9-10,16H,2-3,6H2,1H3,(H2,13,14). The number of aliphatic hydroxyl groups excluding tert-OH is 1. The zero-order chi connectivity index (χ0) is 12.4. The fourth-order valence-corrected chi connectivity index (χ4v) is 2.07. The zero-order valence-corrected chi connectivity index (χ0v) is 10.4. The molecule has 0 amide bonds. The molecular formula is C11H16ClN3O2. The average Bonchev–Trinajstić information content (AvgIpc) is 2.31. The summed E-state index contributed by atoms with van der Waals surface area (Å²) in [6.45, 7) is 2.13. The molecule has 2 unspecified atom stereocenters. The van der Waals surface area contributed by atoms with Gasteiger partial charge in [-0.25, -0.2) is 4.98 Å². The van der Waals surface area contributed by atoms with E-state index >= 15 is 0 Å². The van der Waals surface area contributed by atoms with Gasteiger partial charge in [0.2, 0.25) is 0 Å². The lowest BCUT2D eigenvalue weighted by Gasteiger charge is -2.33. The molecule has 0 aliphatic carbocycles. The monoisotopic (exact) mass is 257 g/mol. The van der Waals surface area contributed by atoms with Crippen molar-refractivity contribution in [2.75, 3.05) is 32.5 Å². The Morgan fingerprint density at radius 3 is 3.18 bits per heavy atom. The average molecular weight is 258 g/mol. The second kappa shape index (κ2) is 5.18. The maximum atomic E-state index is 10.2. The largest absolute Gasteiger partial charge is 0.385 e. The summed E-state index contributed by atoms with van der Waals surface area (Å²) in [5, 5.41) is 10.7. The van der Waals surface area contributed by atoms with Crippen molar-refractivity contribution in [1.82, 2.24) is 9.88 Å². The van der Waals surface area contributed by atoms with Gasteiger partial charge in [-0.15, -0.1) is 0 Å². The minimum atomic E-state index is -0.802. The van der Waals surface area contributed by atoms with Crippen LogP contribution in [0.3, 0.4) is 0 Å². The van der Waals surface area contributed by atoms with Crippen LogP contribution in [0.25, 0.3) is 0 Å². The van der Waals surface area contributed by atoms with Crippen molar-refractivity contribution in [3.05, 3.63) is 22.8 Å². The highest BCUT2D eigenvalue weighted by Gasteiger charge is 2.28. The summed E-state index contributed by atoms with van der Waals surface area (Å²) in [6.07, 6.45) is 0.362. The van der Waals surface area contributed by atoms with Gasteiger partial charge in [0.1, 0.15) is 18.0 Å². The minimum Gasteiger partial charge on any atom is -0.385 e. The van der Waals surface area contributed by atoms with E-state index in [9.17, 15) is 5.11 Å². The summed E-state index contributed by atoms with van der Waals surface area (Å²) in [4.78, 5) is 6.03. The molecule has 0 aromatic carbocycles. The number of ether oxygens (including phenoxy) is 1. The van der Waals surface area contributed by atoms with Gasteiger partial charge in [0.25, 0.3) is 0 Å². The van der Waals surface area contributed by atoms with Crippen molar-refractivity contribution in [3.8, 4) is 0 Å². The van der Waals surface area contributed by atoms with E-state index in [0.29, 0.717) is 29.6 Å². The highest BCUT2D eigenvalue weighted by atomic mass is 35.5. The molecule has 1 aromatic rings. The van der Waals surface area contributed by atoms with Crippen LogP contribution in [-0.4, -0.2) is 47.8 Å². The maximum Gasteiger partial charge on any atom is 0.129 e. The molecule has 17 heavy (non-hydrogen) atoms. The number of likely N-dealkylation sites (N-methyl/N-ethyl adjacent to an activating group) is 1. The van der Waals surface area contributed by atoms with Gasteiger partial charge in [-0.05, 0) is 13.1 Å². The van der Waals surface area contributed by atoms with Gasteiger partial charge in [-0.1, -0.05) is 11.6 Å². The molecule has 2 atom stereocenters. The lowest BCUT2D eigenvalue weighted by atomic mass is 10.0. The van der Waals surface area contributed by atoms with E-state index in [4.69, 9.17) is 22.1 Å². The maximum absolute atomic E-state index is 10.2. The molecule has 1 aliphatic rings. The number of aromatic nitrogens is 1. The van der Waals surface area contributed by atoms with Crippen LogP contribution in [-0.2, 0) is 4.74 Å². The smallest absolute Gasteiger partial charge is 0.129 e. The highest BCUT2D eigenvalue weighted by Crippen LogP contribution is 2.27. The number of pyridine rings is 1. The molecule has 0 radical (unpaired) electrons. The molecule has 3 N–H and O–H groups in total. The molecule has 1 saturated heterocycles. The van der Waals surface area contributed by atoms with Crippen LogP contribution in [0.4, 0.5) is 5.82 Å². The summed E-state index contributed by atoms with van der Waals surface area (Å²) in [5.74, 6) is 0.290. The van der Waals surface area contributed by atoms with E-state index in [1.54, 1.807) is 6.07 Å². The van der Waals surface area contributed by atoms with Crippen LogP contribution in [0.5, 0.6) is 0 Å². The van der Waals surface area contributed by atoms with E-state index in [-0.39, 0.29) is 6.10 Å². The van der Waals surface area contributed by atoms with E-state index in [1.165, 1.54) is 6.20 Å². The second-order valence-electron chi connectivity index (χ2n) is 4.24. The number of aliphatic hydroxyl groups is 1. The summed E-state index contributed by atoms with van der Waals surface area (Å²) in [5.41, 5.74) is 6.26. The first-order valence-corrected chi connectivity index (χ1v) is 5.85. The Labute approximate surface area is 105 Å². The third kappa shape index (κ3) is 2.87. The van der Waals surface area contributed by atoms with E-state index in [2.05, 4.69) is 9.88 Å². The molecule has 94 valence electrons. The molecule has 2 rings (SSSR count). The number of hydrogen-bond acceptors (Lipinski definition) is 5. The summed E-state index contributed by atoms with van der Waals surface area (Å²) >= 11 is 5.85. The third-order valence-corrected chi connectivity index (χ3v) is 3.09. The van der Waals surface area contributed by atoms with Crippen molar-refractivity contribution >= 4 is 17.4 Å². The van der Waals surface area contributed by atoms with Crippen LogP contribution in [0.1, 0.15) is 11.7 Å². The minimum absolute atomic E-state index is 0.290. The summed E-state index contributed by atoms with van der Waals surface area (Å²) < 4.78 is 5.54. The molecule has 1 aliphatic heterocycles. The normalized spacial score (nSPS) is 23.6. The van der Waals surface area contributed by atoms with Gasteiger partial charge in [0, 0.05) is 24.8 Å². The number of halogens is 1. The Balaban J connectivity index is 2.18.